The van der Waals surface area contributed by atoms with Crippen LogP contribution in [0.1, 0.15) is 55.5 Å². The standard InChI is InChI=1S/C28H30N4O2/c1-28(2)22-14-19(32-12-11-31(16-24(32)33)18-5-3-4-6-18)8-10-20(22)26(34)25-21-9-7-17(15-29)13-23(21)30-27(25)28/h7-10,13-14,18,21,23,30H,3-6,11-12,16H2,1-2H3. The molecule has 2 heterocycles. The fourth-order valence-corrected chi connectivity index (χ4v) is 6.60. The van der Waals surface area contributed by atoms with E-state index in [1.54, 1.807) is 0 Å². The van der Waals surface area contributed by atoms with Gasteiger partial charge in [0.1, 0.15) is 0 Å². The van der Waals surface area contributed by atoms with Gasteiger partial charge in [0.05, 0.1) is 18.7 Å². The van der Waals surface area contributed by atoms with E-state index in [4.69, 9.17) is 0 Å². The quantitative estimate of drug-likeness (QED) is 0.739. The number of ketones is 1. The van der Waals surface area contributed by atoms with Crippen LogP contribution in [0.2, 0.25) is 0 Å². The summed E-state index contributed by atoms with van der Waals surface area (Å²) in [5, 5.41) is 12.9. The van der Waals surface area contributed by atoms with Gasteiger partial charge in [-0.1, -0.05) is 32.8 Å². The highest BCUT2D eigenvalue weighted by Gasteiger charge is 2.48. The average Bonchev–Trinajstić information content (AvgIpc) is 3.51. The summed E-state index contributed by atoms with van der Waals surface area (Å²) >= 11 is 0. The monoisotopic (exact) mass is 454 g/mol. The number of nitrogens with zero attached hydrogens (tertiary/aromatic N) is 3. The van der Waals surface area contributed by atoms with E-state index >= 15 is 0 Å². The largest absolute Gasteiger partial charge is 0.380 e. The van der Waals surface area contributed by atoms with E-state index in [2.05, 4.69) is 36.2 Å². The van der Waals surface area contributed by atoms with Crippen molar-refractivity contribution >= 4 is 17.4 Å². The van der Waals surface area contributed by atoms with E-state index in [1.807, 2.05) is 35.3 Å². The van der Waals surface area contributed by atoms with Gasteiger partial charge in [-0.3, -0.25) is 14.5 Å². The maximum atomic E-state index is 13.6. The third kappa shape index (κ3) is 3.10. The summed E-state index contributed by atoms with van der Waals surface area (Å²) in [6.45, 7) is 6.34. The summed E-state index contributed by atoms with van der Waals surface area (Å²) in [4.78, 5) is 31.0. The second-order valence-electron chi connectivity index (χ2n) is 10.7. The molecule has 1 saturated carbocycles. The SMILES string of the molecule is CC1(C)C2=C(C(=O)c3ccc(N4CCN(C5CCCC5)CC4=O)cc31)C1C=CC(C#N)=CC1N2. The molecule has 1 aromatic rings. The van der Waals surface area contributed by atoms with Gasteiger partial charge < -0.3 is 10.2 Å². The van der Waals surface area contributed by atoms with E-state index in [1.165, 1.54) is 25.7 Å². The number of nitrogens with one attached hydrogen (secondary N) is 1. The van der Waals surface area contributed by atoms with Crippen LogP contribution in [0.3, 0.4) is 0 Å². The molecule has 2 unspecified atom stereocenters. The second-order valence-corrected chi connectivity index (χ2v) is 10.7. The van der Waals surface area contributed by atoms with Gasteiger partial charge in [0, 0.05) is 58.6 Å². The first-order valence-corrected chi connectivity index (χ1v) is 12.4. The molecule has 0 radical (unpaired) electrons. The Morgan fingerprint density at radius 3 is 2.68 bits per heavy atom. The van der Waals surface area contributed by atoms with Crippen molar-refractivity contribution in [3.05, 3.63) is 64.4 Å². The minimum Gasteiger partial charge on any atom is -0.380 e. The lowest BCUT2D eigenvalue weighted by Crippen LogP contribution is -2.53. The number of fused-ring (bicyclic) bond motifs is 3. The normalized spacial score (nSPS) is 28.3. The average molecular weight is 455 g/mol. The highest BCUT2D eigenvalue weighted by atomic mass is 16.2. The van der Waals surface area contributed by atoms with E-state index in [9.17, 15) is 14.9 Å². The highest BCUT2D eigenvalue weighted by molar-refractivity contribution is 6.13. The maximum absolute atomic E-state index is 13.6. The van der Waals surface area contributed by atoms with Crippen LogP contribution < -0.4 is 10.2 Å². The Kier molecular flexibility index (Phi) is 4.82. The number of hydrogen-bond donors (Lipinski definition) is 1. The molecular weight excluding hydrogens is 424 g/mol. The molecule has 1 saturated heterocycles. The maximum Gasteiger partial charge on any atom is 0.241 e. The van der Waals surface area contributed by atoms with Crippen LogP contribution >= 0.6 is 0 Å². The molecule has 1 aromatic carbocycles. The van der Waals surface area contributed by atoms with Crippen LogP contribution in [0.25, 0.3) is 0 Å². The predicted octanol–water partition coefficient (Wildman–Crippen LogP) is 3.61. The zero-order valence-electron chi connectivity index (χ0n) is 19.8. The van der Waals surface area contributed by atoms with Crippen LogP contribution in [0.4, 0.5) is 5.69 Å². The number of amides is 1. The lowest BCUT2D eigenvalue weighted by atomic mass is 9.70. The number of piperazine rings is 1. The van der Waals surface area contributed by atoms with Gasteiger partial charge in [0.25, 0.3) is 0 Å². The van der Waals surface area contributed by atoms with E-state index < -0.39 is 5.41 Å². The number of carbonyl (C=O) groups is 2. The lowest BCUT2D eigenvalue weighted by molar-refractivity contribution is -0.122. The van der Waals surface area contributed by atoms with Crippen molar-refractivity contribution in [2.24, 2.45) is 5.92 Å². The number of Topliss-reactive ketones (excluding diaryl/α,β-unsaturated/α-hetero) is 1. The molecule has 34 heavy (non-hydrogen) atoms. The number of anilines is 1. The molecule has 2 fully saturated rings. The number of hydrogen-bond acceptors (Lipinski definition) is 5. The first-order chi connectivity index (χ1) is 16.4. The predicted molar refractivity (Wildman–Crippen MR) is 130 cm³/mol. The minimum absolute atomic E-state index is 0.0479. The van der Waals surface area contributed by atoms with Crippen molar-refractivity contribution in [2.45, 2.75) is 57.0 Å². The third-order valence-corrected chi connectivity index (χ3v) is 8.47. The molecule has 0 aromatic heterocycles. The summed E-state index contributed by atoms with van der Waals surface area (Å²) in [6, 6.07) is 8.58. The van der Waals surface area contributed by atoms with Crippen molar-refractivity contribution in [3.8, 4) is 6.07 Å². The molecule has 5 aliphatic rings. The molecule has 6 heteroatoms. The molecule has 2 aliphatic heterocycles. The van der Waals surface area contributed by atoms with Crippen molar-refractivity contribution in [1.29, 1.82) is 5.26 Å². The molecule has 1 amide bonds. The van der Waals surface area contributed by atoms with Crippen molar-refractivity contribution in [3.63, 3.8) is 0 Å². The molecule has 0 bridgehead atoms. The smallest absolute Gasteiger partial charge is 0.241 e. The topological polar surface area (TPSA) is 76.4 Å². The summed E-state index contributed by atoms with van der Waals surface area (Å²) < 4.78 is 0. The summed E-state index contributed by atoms with van der Waals surface area (Å²) in [7, 11) is 0. The molecule has 6 nitrogen and oxygen atoms in total. The summed E-state index contributed by atoms with van der Waals surface area (Å²) in [6.07, 6.45) is 10.7. The number of benzene rings is 1. The van der Waals surface area contributed by atoms with Crippen molar-refractivity contribution < 1.29 is 9.59 Å². The van der Waals surface area contributed by atoms with Crippen molar-refractivity contribution in [2.75, 3.05) is 24.5 Å². The molecule has 3 aliphatic carbocycles. The Bertz CT molecular complexity index is 1230. The van der Waals surface area contributed by atoms with Gasteiger partial charge >= 0.3 is 0 Å². The van der Waals surface area contributed by atoms with Crippen LogP contribution in [0.15, 0.2) is 53.3 Å². The Balaban J connectivity index is 1.30. The number of carbonyl (C=O) groups excluding carboxylic acids is 2. The molecule has 0 spiro atoms. The Hall–Kier alpha value is -3.17. The van der Waals surface area contributed by atoms with Crippen LogP contribution in [-0.4, -0.2) is 48.3 Å². The van der Waals surface area contributed by atoms with E-state index in [0.717, 1.165) is 34.6 Å². The first kappa shape index (κ1) is 21.4. The van der Waals surface area contributed by atoms with E-state index in [0.29, 0.717) is 24.7 Å². The van der Waals surface area contributed by atoms with Gasteiger partial charge in [-0.2, -0.15) is 5.26 Å². The summed E-state index contributed by atoms with van der Waals surface area (Å²) in [5.74, 6) is 0.130. The highest BCUT2D eigenvalue weighted by Crippen LogP contribution is 2.48. The van der Waals surface area contributed by atoms with Gasteiger partial charge in [0.15, 0.2) is 5.78 Å². The zero-order chi connectivity index (χ0) is 23.6. The van der Waals surface area contributed by atoms with Gasteiger partial charge in [-0.15, -0.1) is 0 Å². The number of nitriles is 1. The first-order valence-electron chi connectivity index (χ1n) is 12.4. The Morgan fingerprint density at radius 1 is 1.15 bits per heavy atom. The summed E-state index contributed by atoms with van der Waals surface area (Å²) in [5.41, 5.74) is 4.51. The Morgan fingerprint density at radius 2 is 1.94 bits per heavy atom. The van der Waals surface area contributed by atoms with Crippen LogP contribution in [0.5, 0.6) is 0 Å². The van der Waals surface area contributed by atoms with E-state index in [-0.39, 0.29) is 23.7 Å². The molecule has 2 atom stereocenters. The number of rotatable bonds is 2. The Labute approximate surface area is 200 Å². The molecule has 174 valence electrons. The number of allylic oxidation sites excluding steroid dienone is 3. The zero-order valence-corrected chi connectivity index (χ0v) is 19.8. The molecular formula is C28H30N4O2. The molecule has 1 N–H and O–H groups in total. The van der Waals surface area contributed by atoms with Crippen molar-refractivity contribution in [1.82, 2.24) is 10.2 Å². The van der Waals surface area contributed by atoms with Gasteiger partial charge in [-0.05, 0) is 48.8 Å². The second kappa shape index (κ2) is 7.68. The fourth-order valence-electron chi connectivity index (χ4n) is 6.60. The minimum atomic E-state index is -0.408. The fraction of sp³-hybridized carbons (Fsp3) is 0.464. The van der Waals surface area contributed by atoms with Gasteiger partial charge in [0.2, 0.25) is 5.91 Å². The lowest BCUT2D eigenvalue weighted by Gasteiger charge is -2.39. The van der Waals surface area contributed by atoms with Crippen LogP contribution in [-0.2, 0) is 10.2 Å². The molecule has 6 rings (SSSR count). The van der Waals surface area contributed by atoms with Gasteiger partial charge in [-0.25, -0.2) is 0 Å². The van der Waals surface area contributed by atoms with Crippen LogP contribution in [0, 0.1) is 17.2 Å². The third-order valence-electron chi connectivity index (χ3n) is 8.47.